The first-order valence-corrected chi connectivity index (χ1v) is 11.3. The van der Waals surface area contributed by atoms with Crippen LogP contribution in [-0.4, -0.2) is 28.6 Å². The van der Waals surface area contributed by atoms with E-state index in [-0.39, 0.29) is 11.7 Å². The van der Waals surface area contributed by atoms with E-state index in [1.54, 1.807) is 37.0 Å². The molecule has 7 heteroatoms. The van der Waals surface area contributed by atoms with E-state index in [2.05, 4.69) is 10.3 Å². The van der Waals surface area contributed by atoms with Crippen LogP contribution in [0.2, 0.25) is 0 Å². The van der Waals surface area contributed by atoms with Gasteiger partial charge in [-0.25, -0.2) is 9.37 Å². The zero-order valence-corrected chi connectivity index (χ0v) is 19.6. The minimum Gasteiger partial charge on any atom is -0.493 e. The molecule has 2 aromatic heterocycles. The number of aryl methyl sites for hydroxylation is 2. The number of nitrogens with zero attached hydrogens (tertiary/aromatic N) is 2. The van der Waals surface area contributed by atoms with E-state index in [0.717, 1.165) is 46.2 Å². The van der Waals surface area contributed by atoms with Gasteiger partial charge in [0.2, 0.25) is 5.91 Å². The van der Waals surface area contributed by atoms with E-state index >= 15 is 0 Å². The molecule has 2 heterocycles. The predicted molar refractivity (Wildman–Crippen MR) is 131 cm³/mol. The van der Waals surface area contributed by atoms with Crippen molar-refractivity contribution in [3.05, 3.63) is 78.3 Å². The lowest BCUT2D eigenvalue weighted by molar-refractivity contribution is -0.116. The molecular weight excluding hydrogens is 433 g/mol. The zero-order chi connectivity index (χ0) is 24.1. The molecule has 4 rings (SSSR count). The molecule has 0 unspecified atom stereocenters. The molecule has 0 atom stereocenters. The highest BCUT2D eigenvalue weighted by molar-refractivity contribution is 6.01. The first-order chi connectivity index (χ1) is 16.5. The van der Waals surface area contributed by atoms with Crippen LogP contribution in [0, 0.1) is 12.7 Å². The molecule has 1 N–H and O–H groups in total. The Morgan fingerprint density at radius 2 is 2.09 bits per heavy atom. The van der Waals surface area contributed by atoms with E-state index in [1.807, 2.05) is 37.6 Å². The van der Waals surface area contributed by atoms with Crippen LogP contribution >= 0.6 is 0 Å². The quantitative estimate of drug-likeness (QED) is 0.254. The van der Waals surface area contributed by atoms with E-state index < -0.39 is 0 Å². The van der Waals surface area contributed by atoms with Crippen molar-refractivity contribution in [2.45, 2.75) is 33.7 Å². The number of rotatable bonds is 9. The molecule has 176 valence electrons. The molecule has 0 fully saturated rings. The molecule has 0 aliphatic carbocycles. The van der Waals surface area contributed by atoms with Crippen molar-refractivity contribution in [3.8, 4) is 16.9 Å². The lowest BCUT2D eigenvalue weighted by Gasteiger charge is -2.15. The molecule has 2 aromatic carbocycles. The number of amides is 1. The van der Waals surface area contributed by atoms with Gasteiger partial charge in [-0.1, -0.05) is 12.1 Å². The number of aromatic nitrogens is 2. The summed E-state index contributed by atoms with van der Waals surface area (Å²) < 4.78 is 27.2. The van der Waals surface area contributed by atoms with Gasteiger partial charge in [-0.2, -0.15) is 0 Å². The maximum atomic E-state index is 13.4. The molecule has 1 amide bonds. The smallest absolute Gasteiger partial charge is 0.244 e. The van der Waals surface area contributed by atoms with Gasteiger partial charge in [-0.05, 0) is 56.5 Å². The zero-order valence-electron chi connectivity index (χ0n) is 19.6. The molecule has 34 heavy (non-hydrogen) atoms. The highest BCUT2D eigenvalue weighted by Gasteiger charge is 2.19. The average molecular weight is 462 g/mol. The fraction of sp³-hybridized carbons (Fsp3) is 0.259. The van der Waals surface area contributed by atoms with Crippen molar-refractivity contribution in [2.24, 2.45) is 0 Å². The van der Waals surface area contributed by atoms with E-state index in [9.17, 15) is 9.18 Å². The highest BCUT2D eigenvalue weighted by Crippen LogP contribution is 2.40. The van der Waals surface area contributed by atoms with Crippen molar-refractivity contribution >= 4 is 22.4 Å². The standard InChI is InChI=1S/C27H28FN3O3/c1-4-33-26-19(3)27-23(24(16-34-27)20-6-8-21(28)9-7-20)15-22(26)18(2)14-25(32)30-10-5-12-31-13-11-29-17-31/h6-9,11,13-17H,4-5,10,12H2,1-3H3,(H,30,32)/b18-14+. The van der Waals surface area contributed by atoms with Crippen LogP contribution in [0.15, 0.2) is 65.8 Å². The molecular formula is C27H28FN3O3. The van der Waals surface area contributed by atoms with Crippen LogP contribution in [0.3, 0.4) is 0 Å². The number of halogens is 1. The summed E-state index contributed by atoms with van der Waals surface area (Å²) >= 11 is 0. The van der Waals surface area contributed by atoms with Crippen molar-refractivity contribution in [1.82, 2.24) is 14.9 Å². The van der Waals surface area contributed by atoms with Gasteiger partial charge in [0.25, 0.3) is 0 Å². The third kappa shape index (κ3) is 5.03. The lowest BCUT2D eigenvalue weighted by Crippen LogP contribution is -2.23. The van der Waals surface area contributed by atoms with Crippen molar-refractivity contribution < 1.29 is 18.3 Å². The van der Waals surface area contributed by atoms with Gasteiger partial charge in [0, 0.05) is 53.6 Å². The third-order valence-electron chi connectivity index (χ3n) is 5.71. The van der Waals surface area contributed by atoms with Crippen molar-refractivity contribution in [3.63, 3.8) is 0 Å². The molecule has 4 aromatic rings. The maximum absolute atomic E-state index is 13.4. The summed E-state index contributed by atoms with van der Waals surface area (Å²) in [6.45, 7) is 7.60. The summed E-state index contributed by atoms with van der Waals surface area (Å²) in [7, 11) is 0. The number of allylic oxidation sites excluding steroid dienone is 1. The van der Waals surface area contributed by atoms with Gasteiger partial charge in [0.1, 0.15) is 17.1 Å². The van der Waals surface area contributed by atoms with Gasteiger partial charge in [-0.15, -0.1) is 0 Å². The second-order valence-electron chi connectivity index (χ2n) is 8.12. The summed E-state index contributed by atoms with van der Waals surface area (Å²) in [6.07, 6.45) is 9.47. The molecule has 0 aliphatic heterocycles. The van der Waals surface area contributed by atoms with Gasteiger partial charge in [0.05, 0.1) is 19.2 Å². The Hall–Kier alpha value is -3.87. The Bertz CT molecular complexity index is 1310. The summed E-state index contributed by atoms with van der Waals surface area (Å²) in [5.41, 5.74) is 4.89. The van der Waals surface area contributed by atoms with Crippen LogP contribution in [-0.2, 0) is 11.3 Å². The Balaban J connectivity index is 1.61. The highest BCUT2D eigenvalue weighted by atomic mass is 19.1. The SMILES string of the molecule is CCOc1c(/C(C)=C/C(=O)NCCCn2ccnc2)cc2c(-c3ccc(F)cc3)coc2c1C. The minimum atomic E-state index is -0.290. The second-order valence-corrected chi connectivity index (χ2v) is 8.12. The first-order valence-electron chi connectivity index (χ1n) is 11.3. The van der Waals surface area contributed by atoms with E-state index in [0.29, 0.717) is 24.5 Å². The Kier molecular flexibility index (Phi) is 7.11. The largest absolute Gasteiger partial charge is 0.493 e. The monoisotopic (exact) mass is 461 g/mol. The Labute approximate surface area is 198 Å². The second kappa shape index (κ2) is 10.4. The maximum Gasteiger partial charge on any atom is 0.244 e. The fourth-order valence-electron chi connectivity index (χ4n) is 4.01. The average Bonchev–Trinajstić information content (AvgIpc) is 3.49. The van der Waals surface area contributed by atoms with Crippen molar-refractivity contribution in [1.29, 1.82) is 0 Å². The predicted octanol–water partition coefficient (Wildman–Crippen LogP) is 5.75. The number of carbonyl (C=O) groups is 1. The molecule has 0 aliphatic rings. The molecule has 0 bridgehead atoms. The van der Waals surface area contributed by atoms with E-state index in [1.165, 1.54) is 12.1 Å². The van der Waals surface area contributed by atoms with Crippen LogP contribution in [0.4, 0.5) is 4.39 Å². The molecule has 0 saturated carbocycles. The first kappa shape index (κ1) is 23.3. The van der Waals surface area contributed by atoms with Gasteiger partial charge in [0.15, 0.2) is 0 Å². The Morgan fingerprint density at radius 1 is 1.29 bits per heavy atom. The number of nitrogens with one attached hydrogen (secondary N) is 1. The molecule has 0 radical (unpaired) electrons. The summed E-state index contributed by atoms with van der Waals surface area (Å²) in [4.78, 5) is 16.6. The molecule has 6 nitrogen and oxygen atoms in total. The summed E-state index contributed by atoms with van der Waals surface area (Å²) in [5.74, 6) is 0.243. The van der Waals surface area contributed by atoms with Crippen LogP contribution in [0.25, 0.3) is 27.7 Å². The number of furan rings is 1. The fourth-order valence-corrected chi connectivity index (χ4v) is 4.01. The third-order valence-corrected chi connectivity index (χ3v) is 5.71. The van der Waals surface area contributed by atoms with Crippen molar-refractivity contribution in [2.75, 3.05) is 13.2 Å². The van der Waals surface area contributed by atoms with Crippen LogP contribution in [0.5, 0.6) is 5.75 Å². The number of hydrogen-bond acceptors (Lipinski definition) is 4. The number of ether oxygens (including phenoxy) is 1. The van der Waals surface area contributed by atoms with Gasteiger partial charge < -0.3 is 19.0 Å². The number of fused-ring (bicyclic) bond motifs is 1. The number of imidazole rings is 1. The number of hydrogen-bond donors (Lipinski definition) is 1. The van der Waals surface area contributed by atoms with E-state index in [4.69, 9.17) is 9.15 Å². The lowest BCUT2D eigenvalue weighted by atomic mass is 9.96. The number of carbonyl (C=O) groups excluding carboxylic acids is 1. The van der Waals surface area contributed by atoms with Crippen LogP contribution in [0.1, 0.15) is 31.4 Å². The normalized spacial score (nSPS) is 11.7. The molecule has 0 spiro atoms. The summed E-state index contributed by atoms with van der Waals surface area (Å²) in [6, 6.07) is 8.29. The van der Waals surface area contributed by atoms with Gasteiger partial charge >= 0.3 is 0 Å². The number of benzene rings is 2. The Morgan fingerprint density at radius 3 is 2.79 bits per heavy atom. The van der Waals surface area contributed by atoms with Crippen LogP contribution < -0.4 is 10.1 Å². The minimum absolute atomic E-state index is 0.158. The summed E-state index contributed by atoms with van der Waals surface area (Å²) in [5, 5.41) is 3.83. The van der Waals surface area contributed by atoms with Gasteiger partial charge in [-0.3, -0.25) is 4.79 Å². The molecule has 0 saturated heterocycles. The topological polar surface area (TPSA) is 69.3 Å².